The highest BCUT2D eigenvalue weighted by Crippen LogP contribution is 2.26. The van der Waals surface area contributed by atoms with Crippen LogP contribution in [0.15, 0.2) is 34.5 Å². The zero-order chi connectivity index (χ0) is 14.0. The first kappa shape index (κ1) is 13.4. The Kier molecular flexibility index (Phi) is 3.46. The lowest BCUT2D eigenvalue weighted by atomic mass is 10.2. The Bertz CT molecular complexity index is 758. The molecule has 19 heavy (non-hydrogen) atoms. The van der Waals surface area contributed by atoms with Crippen LogP contribution in [-0.4, -0.2) is 8.42 Å². The predicted octanol–water partition coefficient (Wildman–Crippen LogP) is 2.31. The molecular formula is C12H11N3O2S2. The largest absolute Gasteiger partial charge is 0.397 e. The fraction of sp³-hybridized carbons (Fsp3) is 0.0833. The van der Waals surface area contributed by atoms with Crippen molar-refractivity contribution in [2.24, 2.45) is 0 Å². The molecule has 0 aliphatic rings. The van der Waals surface area contributed by atoms with E-state index in [2.05, 4.69) is 4.72 Å². The lowest BCUT2D eigenvalue weighted by molar-refractivity contribution is 0.603. The number of aryl methyl sites for hydroxylation is 1. The average molecular weight is 293 g/mol. The van der Waals surface area contributed by atoms with Gasteiger partial charge >= 0.3 is 0 Å². The van der Waals surface area contributed by atoms with Gasteiger partial charge in [-0.2, -0.15) is 5.26 Å². The standard InChI is InChI=1S/C12H11N3O2S2/c1-8-2-4-11(10(14)6-8)15-19(16,17)12-5-3-9(7-13)18-12/h2-6,15H,14H2,1H3. The first-order valence-corrected chi connectivity index (χ1v) is 7.61. The summed E-state index contributed by atoms with van der Waals surface area (Å²) in [6, 6.07) is 9.84. The number of hydrogen-bond acceptors (Lipinski definition) is 5. The van der Waals surface area contributed by atoms with Gasteiger partial charge in [-0.05, 0) is 36.8 Å². The molecule has 98 valence electrons. The van der Waals surface area contributed by atoms with Crippen LogP contribution < -0.4 is 10.5 Å². The molecule has 2 rings (SSSR count). The number of rotatable bonds is 3. The molecule has 0 aliphatic heterocycles. The fourth-order valence-corrected chi connectivity index (χ4v) is 3.69. The van der Waals surface area contributed by atoms with Crippen LogP contribution in [0.5, 0.6) is 0 Å². The van der Waals surface area contributed by atoms with Gasteiger partial charge in [0.15, 0.2) is 0 Å². The SMILES string of the molecule is Cc1ccc(NS(=O)(=O)c2ccc(C#N)s2)c(N)c1. The molecule has 0 amide bonds. The minimum Gasteiger partial charge on any atom is -0.397 e. The van der Waals surface area contributed by atoms with Crippen LogP contribution in [-0.2, 0) is 10.0 Å². The van der Waals surface area contributed by atoms with Gasteiger partial charge in [0.2, 0.25) is 0 Å². The Labute approximate surface area is 115 Å². The van der Waals surface area contributed by atoms with Gasteiger partial charge in [0, 0.05) is 0 Å². The number of sulfonamides is 1. The lowest BCUT2D eigenvalue weighted by Gasteiger charge is -2.09. The molecule has 1 aromatic heterocycles. The maximum absolute atomic E-state index is 12.1. The van der Waals surface area contributed by atoms with E-state index in [9.17, 15) is 8.42 Å². The second-order valence-electron chi connectivity index (χ2n) is 3.93. The van der Waals surface area contributed by atoms with E-state index in [0.717, 1.165) is 16.9 Å². The highest BCUT2D eigenvalue weighted by Gasteiger charge is 2.18. The van der Waals surface area contributed by atoms with Crippen molar-refractivity contribution in [1.82, 2.24) is 0 Å². The fourth-order valence-electron chi connectivity index (χ4n) is 1.49. The summed E-state index contributed by atoms with van der Waals surface area (Å²) in [7, 11) is -3.70. The van der Waals surface area contributed by atoms with Gasteiger partial charge in [-0.3, -0.25) is 4.72 Å². The third-order valence-corrected chi connectivity index (χ3v) is 5.26. The molecule has 0 radical (unpaired) electrons. The maximum Gasteiger partial charge on any atom is 0.271 e. The smallest absolute Gasteiger partial charge is 0.271 e. The van der Waals surface area contributed by atoms with Crippen molar-refractivity contribution in [3.05, 3.63) is 40.8 Å². The summed E-state index contributed by atoms with van der Waals surface area (Å²) in [5.41, 5.74) is 7.40. The molecule has 0 bridgehead atoms. The zero-order valence-corrected chi connectivity index (χ0v) is 11.7. The number of benzene rings is 1. The van der Waals surface area contributed by atoms with E-state index in [-0.39, 0.29) is 4.21 Å². The minimum atomic E-state index is -3.70. The summed E-state index contributed by atoms with van der Waals surface area (Å²) < 4.78 is 26.7. The van der Waals surface area contributed by atoms with Crippen molar-refractivity contribution >= 4 is 32.7 Å². The summed E-state index contributed by atoms with van der Waals surface area (Å²) >= 11 is 0.916. The topological polar surface area (TPSA) is 96.0 Å². The van der Waals surface area contributed by atoms with Gasteiger partial charge in [0.25, 0.3) is 10.0 Å². The Morgan fingerprint density at radius 2 is 2.05 bits per heavy atom. The molecule has 0 saturated heterocycles. The Morgan fingerprint density at radius 3 is 2.63 bits per heavy atom. The average Bonchev–Trinajstić information content (AvgIpc) is 2.82. The quantitative estimate of drug-likeness (QED) is 0.849. The molecule has 0 aliphatic carbocycles. The molecule has 1 aromatic carbocycles. The summed E-state index contributed by atoms with van der Waals surface area (Å²) in [5.74, 6) is 0. The van der Waals surface area contributed by atoms with E-state index < -0.39 is 10.0 Å². The van der Waals surface area contributed by atoms with Gasteiger partial charge in [-0.25, -0.2) is 8.42 Å². The molecule has 0 spiro atoms. The van der Waals surface area contributed by atoms with Crippen molar-refractivity contribution in [3.8, 4) is 6.07 Å². The van der Waals surface area contributed by atoms with Crippen molar-refractivity contribution in [2.75, 3.05) is 10.5 Å². The third-order valence-electron chi connectivity index (χ3n) is 2.41. The molecule has 0 saturated carbocycles. The first-order chi connectivity index (χ1) is 8.92. The lowest BCUT2D eigenvalue weighted by Crippen LogP contribution is -2.12. The second kappa shape index (κ2) is 4.91. The van der Waals surface area contributed by atoms with Crippen molar-refractivity contribution < 1.29 is 8.42 Å². The van der Waals surface area contributed by atoms with Crippen molar-refractivity contribution in [3.63, 3.8) is 0 Å². The Balaban J connectivity index is 2.34. The van der Waals surface area contributed by atoms with Crippen LogP contribution in [0.4, 0.5) is 11.4 Å². The van der Waals surface area contributed by atoms with Crippen molar-refractivity contribution in [2.45, 2.75) is 11.1 Å². The molecule has 2 aromatic rings. The molecule has 7 heteroatoms. The number of nitrogens with one attached hydrogen (secondary N) is 1. The summed E-state index contributed by atoms with van der Waals surface area (Å²) in [6.07, 6.45) is 0. The predicted molar refractivity (Wildman–Crippen MR) is 75.4 cm³/mol. The molecule has 0 unspecified atom stereocenters. The summed E-state index contributed by atoms with van der Waals surface area (Å²) in [5, 5.41) is 8.71. The van der Waals surface area contributed by atoms with E-state index in [1.54, 1.807) is 18.2 Å². The van der Waals surface area contributed by atoms with Gasteiger partial charge in [-0.15, -0.1) is 11.3 Å². The third kappa shape index (κ3) is 2.86. The summed E-state index contributed by atoms with van der Waals surface area (Å²) in [4.78, 5) is 0.345. The normalized spacial score (nSPS) is 10.9. The van der Waals surface area contributed by atoms with E-state index >= 15 is 0 Å². The molecule has 5 nitrogen and oxygen atoms in total. The number of nitrogen functional groups attached to an aromatic ring is 1. The van der Waals surface area contributed by atoms with Gasteiger partial charge in [0.05, 0.1) is 11.4 Å². The van der Waals surface area contributed by atoms with E-state index in [4.69, 9.17) is 11.0 Å². The number of nitrogens with two attached hydrogens (primary N) is 1. The monoisotopic (exact) mass is 293 g/mol. The number of nitriles is 1. The molecule has 0 atom stereocenters. The molecule has 1 heterocycles. The number of hydrogen-bond donors (Lipinski definition) is 2. The number of anilines is 2. The van der Waals surface area contributed by atoms with Crippen LogP contribution in [0.25, 0.3) is 0 Å². The van der Waals surface area contributed by atoms with E-state index in [1.165, 1.54) is 12.1 Å². The first-order valence-electron chi connectivity index (χ1n) is 5.31. The van der Waals surface area contributed by atoms with Crippen molar-refractivity contribution in [1.29, 1.82) is 5.26 Å². The highest BCUT2D eigenvalue weighted by molar-refractivity contribution is 7.94. The van der Waals surface area contributed by atoms with Crippen LogP contribution in [0.2, 0.25) is 0 Å². The molecule has 0 fully saturated rings. The number of thiophene rings is 1. The zero-order valence-electron chi connectivity index (χ0n) is 10.0. The van der Waals surface area contributed by atoms with Gasteiger partial charge in [-0.1, -0.05) is 6.07 Å². The Morgan fingerprint density at radius 1 is 1.32 bits per heavy atom. The second-order valence-corrected chi connectivity index (χ2v) is 6.92. The molecule has 3 N–H and O–H groups in total. The minimum absolute atomic E-state index is 0.0871. The van der Waals surface area contributed by atoms with Crippen LogP contribution in [0, 0.1) is 18.3 Å². The van der Waals surface area contributed by atoms with Crippen LogP contribution in [0.3, 0.4) is 0 Å². The number of nitrogens with zero attached hydrogens (tertiary/aromatic N) is 1. The van der Waals surface area contributed by atoms with E-state index in [1.807, 2.05) is 13.0 Å². The summed E-state index contributed by atoms with van der Waals surface area (Å²) in [6.45, 7) is 1.87. The van der Waals surface area contributed by atoms with E-state index in [0.29, 0.717) is 16.3 Å². The van der Waals surface area contributed by atoms with Gasteiger partial charge in [0.1, 0.15) is 15.2 Å². The Hall–Kier alpha value is -2.04. The molecular weight excluding hydrogens is 282 g/mol. The van der Waals surface area contributed by atoms with Gasteiger partial charge < -0.3 is 5.73 Å². The maximum atomic E-state index is 12.1. The van der Waals surface area contributed by atoms with Crippen LogP contribution >= 0.6 is 11.3 Å². The highest BCUT2D eigenvalue weighted by atomic mass is 32.2. The van der Waals surface area contributed by atoms with Crippen LogP contribution in [0.1, 0.15) is 10.4 Å².